The Bertz CT molecular complexity index is 516. The van der Waals surface area contributed by atoms with Gasteiger partial charge >= 0.3 is 0 Å². The van der Waals surface area contributed by atoms with Crippen LogP contribution in [0.2, 0.25) is 0 Å². The molecule has 0 saturated heterocycles. The summed E-state index contributed by atoms with van der Waals surface area (Å²) in [4.78, 5) is 0. The first-order chi connectivity index (χ1) is 9.45. The summed E-state index contributed by atoms with van der Waals surface area (Å²) in [5.74, 6) is -6.85. The van der Waals surface area contributed by atoms with Gasteiger partial charge in [0.25, 0.3) is 0 Å². The average molecular weight is 289 g/mol. The molecular weight excluding hydrogens is 274 g/mol. The fraction of sp³-hybridized carbons (Fsp3) is 0.571. The summed E-state index contributed by atoms with van der Waals surface area (Å²) in [5, 5.41) is 0. The third-order valence-electron chi connectivity index (χ3n) is 4.71. The zero-order valence-corrected chi connectivity index (χ0v) is 10.8. The molecule has 2 atom stereocenters. The maximum Gasteiger partial charge on any atom is 0.203 e. The number of hydrogen-bond donors (Lipinski definition) is 1. The summed E-state index contributed by atoms with van der Waals surface area (Å²) in [6.45, 7) is 0. The van der Waals surface area contributed by atoms with Crippen molar-refractivity contribution >= 4 is 0 Å². The molecule has 20 heavy (non-hydrogen) atoms. The standard InChI is InChI=1S/C14H15F4NO/c15-7-5-8(16)12(18)13(11(7)17)20-10-6-9(19)14(10)3-1-2-4-14/h5,9-10H,1-4,6,19H2. The fourth-order valence-electron chi connectivity index (χ4n) is 3.47. The summed E-state index contributed by atoms with van der Waals surface area (Å²) in [6, 6.07) is 0.0922. The maximum atomic E-state index is 13.6. The zero-order valence-electron chi connectivity index (χ0n) is 10.8. The molecule has 2 aliphatic carbocycles. The fourth-order valence-corrected chi connectivity index (χ4v) is 3.47. The van der Waals surface area contributed by atoms with E-state index in [9.17, 15) is 17.6 Å². The smallest absolute Gasteiger partial charge is 0.203 e. The van der Waals surface area contributed by atoms with Crippen LogP contribution in [0.15, 0.2) is 6.07 Å². The molecular formula is C14H15F4NO. The van der Waals surface area contributed by atoms with Gasteiger partial charge in [0.05, 0.1) is 0 Å². The number of benzene rings is 1. The van der Waals surface area contributed by atoms with Crippen LogP contribution >= 0.6 is 0 Å². The van der Waals surface area contributed by atoms with Crippen molar-refractivity contribution in [3.8, 4) is 5.75 Å². The van der Waals surface area contributed by atoms with Crippen molar-refractivity contribution in [1.29, 1.82) is 0 Å². The molecule has 2 unspecified atom stereocenters. The van der Waals surface area contributed by atoms with Crippen molar-refractivity contribution in [3.05, 3.63) is 29.3 Å². The number of rotatable bonds is 2. The van der Waals surface area contributed by atoms with E-state index >= 15 is 0 Å². The van der Waals surface area contributed by atoms with Gasteiger partial charge in [0.2, 0.25) is 11.6 Å². The first-order valence-corrected chi connectivity index (χ1v) is 6.71. The van der Waals surface area contributed by atoms with E-state index in [1.165, 1.54) is 0 Å². The lowest BCUT2D eigenvalue weighted by Crippen LogP contribution is -2.62. The topological polar surface area (TPSA) is 35.2 Å². The van der Waals surface area contributed by atoms with E-state index in [0.717, 1.165) is 25.7 Å². The Labute approximate surface area is 113 Å². The summed E-state index contributed by atoms with van der Waals surface area (Å²) in [6.07, 6.45) is 3.56. The minimum absolute atomic E-state index is 0.0838. The van der Waals surface area contributed by atoms with Crippen LogP contribution in [0.25, 0.3) is 0 Å². The predicted molar refractivity (Wildman–Crippen MR) is 64.2 cm³/mol. The van der Waals surface area contributed by atoms with Gasteiger partial charge in [0, 0.05) is 23.9 Å². The van der Waals surface area contributed by atoms with Crippen molar-refractivity contribution in [1.82, 2.24) is 0 Å². The van der Waals surface area contributed by atoms with Gasteiger partial charge in [-0.15, -0.1) is 0 Å². The molecule has 1 aromatic rings. The third-order valence-corrected chi connectivity index (χ3v) is 4.71. The molecule has 2 fully saturated rings. The summed E-state index contributed by atoms with van der Waals surface area (Å²) in [5.41, 5.74) is 5.68. The minimum Gasteiger partial charge on any atom is -0.484 e. The van der Waals surface area contributed by atoms with Gasteiger partial charge < -0.3 is 10.5 Å². The summed E-state index contributed by atoms with van der Waals surface area (Å²) >= 11 is 0. The van der Waals surface area contributed by atoms with E-state index in [-0.39, 0.29) is 17.5 Å². The summed E-state index contributed by atoms with van der Waals surface area (Å²) < 4.78 is 58.8. The van der Waals surface area contributed by atoms with Gasteiger partial charge in [0.1, 0.15) is 6.10 Å². The van der Waals surface area contributed by atoms with Crippen molar-refractivity contribution in [3.63, 3.8) is 0 Å². The van der Waals surface area contributed by atoms with Crippen LogP contribution in [0.4, 0.5) is 17.6 Å². The van der Waals surface area contributed by atoms with E-state index < -0.39 is 35.1 Å². The molecule has 2 aliphatic rings. The quantitative estimate of drug-likeness (QED) is 0.670. The molecule has 0 radical (unpaired) electrons. The second-order valence-electron chi connectivity index (χ2n) is 5.69. The SMILES string of the molecule is NC1CC(Oc2c(F)c(F)cc(F)c2F)C12CCCC2. The van der Waals surface area contributed by atoms with Crippen LogP contribution in [0.5, 0.6) is 5.75 Å². The maximum absolute atomic E-state index is 13.6. The highest BCUT2D eigenvalue weighted by molar-refractivity contribution is 5.30. The summed E-state index contributed by atoms with van der Waals surface area (Å²) in [7, 11) is 0. The van der Waals surface area contributed by atoms with Crippen LogP contribution < -0.4 is 10.5 Å². The Hall–Kier alpha value is -1.30. The van der Waals surface area contributed by atoms with Crippen molar-refractivity contribution < 1.29 is 22.3 Å². The Balaban J connectivity index is 1.89. The minimum atomic E-state index is -1.49. The van der Waals surface area contributed by atoms with Crippen LogP contribution in [-0.2, 0) is 0 Å². The van der Waals surface area contributed by atoms with Gasteiger partial charge in [-0.25, -0.2) is 8.78 Å². The molecule has 6 heteroatoms. The monoisotopic (exact) mass is 289 g/mol. The highest BCUT2D eigenvalue weighted by atomic mass is 19.2. The third kappa shape index (κ3) is 1.81. The van der Waals surface area contributed by atoms with E-state index in [4.69, 9.17) is 10.5 Å². The molecule has 0 bridgehead atoms. The Morgan fingerprint density at radius 3 is 2.10 bits per heavy atom. The predicted octanol–water partition coefficient (Wildman–Crippen LogP) is 3.28. The van der Waals surface area contributed by atoms with Crippen molar-refractivity contribution in [2.24, 2.45) is 11.1 Å². The van der Waals surface area contributed by atoms with E-state index in [0.29, 0.717) is 6.42 Å². The zero-order chi connectivity index (χ0) is 14.5. The highest BCUT2D eigenvalue weighted by Crippen LogP contribution is 2.54. The van der Waals surface area contributed by atoms with Crippen molar-refractivity contribution in [2.45, 2.75) is 44.2 Å². The molecule has 110 valence electrons. The van der Waals surface area contributed by atoms with E-state index in [2.05, 4.69) is 0 Å². The molecule has 1 spiro atoms. The molecule has 1 aromatic carbocycles. The number of halogens is 4. The molecule has 2 nitrogen and oxygen atoms in total. The lowest BCUT2D eigenvalue weighted by Gasteiger charge is -2.52. The average Bonchev–Trinajstić information content (AvgIpc) is 2.92. The molecule has 2 N–H and O–H groups in total. The van der Waals surface area contributed by atoms with Crippen LogP contribution in [0, 0.1) is 28.7 Å². The Morgan fingerprint density at radius 1 is 1.05 bits per heavy atom. The molecule has 0 aliphatic heterocycles. The molecule has 0 heterocycles. The first kappa shape index (κ1) is 13.7. The second-order valence-corrected chi connectivity index (χ2v) is 5.69. The number of ether oxygens (including phenoxy) is 1. The van der Waals surface area contributed by atoms with Gasteiger partial charge in [-0.1, -0.05) is 12.8 Å². The van der Waals surface area contributed by atoms with Crippen LogP contribution in [0.1, 0.15) is 32.1 Å². The van der Waals surface area contributed by atoms with Gasteiger partial charge in [-0.05, 0) is 12.8 Å². The lowest BCUT2D eigenvalue weighted by molar-refractivity contribution is -0.0659. The van der Waals surface area contributed by atoms with Crippen LogP contribution in [-0.4, -0.2) is 12.1 Å². The molecule has 3 rings (SSSR count). The molecule has 2 saturated carbocycles. The van der Waals surface area contributed by atoms with Gasteiger partial charge in [-0.2, -0.15) is 8.78 Å². The largest absolute Gasteiger partial charge is 0.484 e. The molecule has 0 amide bonds. The van der Waals surface area contributed by atoms with Gasteiger partial charge in [-0.3, -0.25) is 0 Å². The first-order valence-electron chi connectivity index (χ1n) is 6.71. The number of hydrogen-bond acceptors (Lipinski definition) is 2. The van der Waals surface area contributed by atoms with Crippen LogP contribution in [0.3, 0.4) is 0 Å². The van der Waals surface area contributed by atoms with Gasteiger partial charge in [0.15, 0.2) is 17.4 Å². The highest BCUT2D eigenvalue weighted by Gasteiger charge is 2.56. The Kier molecular flexibility index (Phi) is 3.16. The number of nitrogens with two attached hydrogens (primary N) is 1. The molecule has 0 aromatic heterocycles. The lowest BCUT2D eigenvalue weighted by atomic mass is 9.61. The van der Waals surface area contributed by atoms with E-state index in [1.54, 1.807) is 0 Å². The van der Waals surface area contributed by atoms with E-state index in [1.807, 2.05) is 0 Å². The normalized spacial score (nSPS) is 27.6. The van der Waals surface area contributed by atoms with Crippen molar-refractivity contribution in [2.75, 3.05) is 0 Å². The second kappa shape index (κ2) is 4.62. The Morgan fingerprint density at radius 2 is 1.60 bits per heavy atom.